The van der Waals surface area contributed by atoms with Gasteiger partial charge in [-0.2, -0.15) is 26.3 Å². The lowest BCUT2D eigenvalue weighted by atomic mass is 9.91. The third-order valence-electron chi connectivity index (χ3n) is 4.55. The topological polar surface area (TPSA) is 72.5 Å². The number of hydrogen-bond acceptors (Lipinski definition) is 4. The second kappa shape index (κ2) is 9.10. The molecule has 12 heteroatoms. The Bertz CT molecular complexity index is 1130. The van der Waals surface area contributed by atoms with Gasteiger partial charge in [0.2, 0.25) is 5.91 Å². The number of nitrogens with one attached hydrogen (secondary N) is 1. The molecule has 0 saturated heterocycles. The molecule has 0 aliphatic heterocycles. The molecule has 0 aliphatic rings. The largest absolute Gasteiger partial charge is 0.430 e. The van der Waals surface area contributed by atoms with Crippen LogP contribution in [-0.4, -0.2) is 39.5 Å². The van der Waals surface area contributed by atoms with Crippen LogP contribution in [-0.2, 0) is 31.4 Å². The quantitative estimate of drug-likeness (QED) is 0.580. The number of amides is 1. The van der Waals surface area contributed by atoms with Crippen molar-refractivity contribution in [2.75, 3.05) is 18.1 Å². The molecule has 2 rings (SSSR count). The van der Waals surface area contributed by atoms with E-state index >= 15 is 0 Å². The minimum Gasteiger partial charge on any atom is -0.357 e. The highest BCUT2D eigenvalue weighted by atomic mass is 32.2. The van der Waals surface area contributed by atoms with Crippen LogP contribution in [0.4, 0.5) is 32.0 Å². The molecule has 2 aromatic rings. The van der Waals surface area contributed by atoms with Gasteiger partial charge in [-0.1, -0.05) is 31.2 Å². The van der Waals surface area contributed by atoms with Crippen molar-refractivity contribution in [1.29, 1.82) is 0 Å². The number of carbonyl (C=O) groups excluding carboxylic acids is 1. The van der Waals surface area contributed by atoms with Gasteiger partial charge in [-0.15, -0.1) is 0 Å². The van der Waals surface area contributed by atoms with Gasteiger partial charge in [0.25, 0.3) is 5.60 Å². The summed E-state index contributed by atoms with van der Waals surface area (Å²) < 4.78 is 129. The number of hydrogen-bond donors (Lipinski definition) is 1. The molecule has 1 N–H and O–H groups in total. The number of carbonyl (C=O) groups is 1. The van der Waals surface area contributed by atoms with Crippen LogP contribution in [0.15, 0.2) is 53.4 Å². The van der Waals surface area contributed by atoms with Gasteiger partial charge in [0.05, 0.1) is 21.2 Å². The molecule has 0 aromatic heterocycles. The number of sulfone groups is 1. The maximum absolute atomic E-state index is 13.6. The van der Waals surface area contributed by atoms with Crippen LogP contribution in [0.2, 0.25) is 0 Å². The van der Waals surface area contributed by atoms with Crippen LogP contribution in [0.3, 0.4) is 0 Å². The van der Waals surface area contributed by atoms with Crippen molar-refractivity contribution in [3.63, 3.8) is 0 Å². The fraction of sp³-hybridized carbons (Fsp3) is 0.350. The average molecular weight is 486 g/mol. The Morgan fingerprint density at radius 2 is 1.50 bits per heavy atom. The highest BCUT2D eigenvalue weighted by molar-refractivity contribution is 7.91. The van der Waals surface area contributed by atoms with E-state index < -0.39 is 46.3 Å². The number of methoxy groups -OCH3 is 1. The summed E-state index contributed by atoms with van der Waals surface area (Å²) in [7, 11) is -7.48. The van der Waals surface area contributed by atoms with Crippen LogP contribution >= 0.6 is 0 Å². The van der Waals surface area contributed by atoms with E-state index in [0.717, 1.165) is 12.1 Å². The smallest absolute Gasteiger partial charge is 0.357 e. The molecule has 0 spiro atoms. The molecular weight excluding hydrogens is 464 g/mol. The molecule has 1 amide bonds. The fourth-order valence-corrected chi connectivity index (χ4v) is 3.71. The van der Waals surface area contributed by atoms with E-state index in [1.165, 1.54) is 31.2 Å². The van der Waals surface area contributed by atoms with Crippen molar-refractivity contribution < 1.29 is 48.4 Å². The van der Waals surface area contributed by atoms with Gasteiger partial charge in [0, 0.05) is 18.3 Å². The molecule has 2 aromatic carbocycles. The summed E-state index contributed by atoms with van der Waals surface area (Å²) in [6.07, 6.45) is -12.6. The van der Waals surface area contributed by atoms with Gasteiger partial charge >= 0.3 is 12.4 Å². The summed E-state index contributed by atoms with van der Waals surface area (Å²) in [6, 6.07) is 7.55. The summed E-state index contributed by atoms with van der Waals surface area (Å²) in [6.45, 7) is 1.46. The molecule has 0 atom stereocenters. The third kappa shape index (κ3) is 5.07. The monoisotopic (exact) mass is 486 g/mol. The van der Waals surface area contributed by atoms with Crippen molar-refractivity contribution in [2.24, 2.45) is 0 Å². The zero-order chi connectivity index (χ0) is 26.9. The standard InChI is InChI=1S/C20H19F6NO4S/c1-3-32(29,30)16-10-4-13(5-11-16)12-17(28)27-15-8-6-14(7-9-15)18(31-2,19(21,22)23)20(24,25)26/h4-11H,3,12H2,1-2H3,(H,27,28)/i2D3. The highest BCUT2D eigenvalue weighted by Crippen LogP contribution is 2.52. The predicted octanol–water partition coefficient (Wildman–Crippen LogP) is 4.63. The SMILES string of the molecule is [2H]C([2H])([2H])OC(c1ccc(NC(=O)Cc2ccc(S(=O)(=O)CC)cc2)cc1)(C(F)(F)F)C(F)(F)F. The van der Waals surface area contributed by atoms with Crippen molar-refractivity contribution in [3.05, 3.63) is 59.7 Å². The number of halogens is 6. The summed E-state index contributed by atoms with van der Waals surface area (Å²) in [5.74, 6) is -0.815. The highest BCUT2D eigenvalue weighted by Gasteiger charge is 2.72. The maximum Gasteiger partial charge on any atom is 0.430 e. The molecule has 0 radical (unpaired) electrons. The van der Waals surface area contributed by atoms with Crippen molar-refractivity contribution >= 4 is 21.4 Å². The van der Waals surface area contributed by atoms with Crippen molar-refractivity contribution in [3.8, 4) is 0 Å². The first-order valence-electron chi connectivity index (χ1n) is 10.4. The number of benzene rings is 2. The molecule has 0 bridgehead atoms. The fourth-order valence-electron chi connectivity index (χ4n) is 2.82. The number of ether oxygens (including phenoxy) is 1. The summed E-state index contributed by atoms with van der Waals surface area (Å²) in [5, 5.41) is 2.28. The zero-order valence-corrected chi connectivity index (χ0v) is 17.2. The zero-order valence-electron chi connectivity index (χ0n) is 19.3. The minimum atomic E-state index is -6.18. The van der Waals surface area contributed by atoms with Crippen LogP contribution in [0, 0.1) is 0 Å². The first-order chi connectivity index (χ1) is 15.8. The predicted molar refractivity (Wildman–Crippen MR) is 104 cm³/mol. The van der Waals surface area contributed by atoms with Gasteiger partial charge in [-0.3, -0.25) is 4.79 Å². The Morgan fingerprint density at radius 1 is 0.969 bits per heavy atom. The summed E-state index contributed by atoms with van der Waals surface area (Å²) in [4.78, 5) is 12.3. The molecule has 32 heavy (non-hydrogen) atoms. The first-order valence-corrected chi connectivity index (χ1v) is 10.5. The second-order valence-corrected chi connectivity index (χ2v) is 8.91. The van der Waals surface area contributed by atoms with Gasteiger partial charge in [0.15, 0.2) is 9.84 Å². The molecule has 5 nitrogen and oxygen atoms in total. The lowest BCUT2D eigenvalue weighted by Crippen LogP contribution is -2.55. The van der Waals surface area contributed by atoms with E-state index in [1.807, 2.05) is 0 Å². The van der Waals surface area contributed by atoms with Crippen LogP contribution < -0.4 is 5.32 Å². The Morgan fingerprint density at radius 3 is 1.94 bits per heavy atom. The second-order valence-electron chi connectivity index (χ2n) is 6.63. The third-order valence-corrected chi connectivity index (χ3v) is 6.30. The first kappa shape index (κ1) is 21.3. The molecule has 0 unspecified atom stereocenters. The number of alkyl halides is 6. The molecule has 0 saturated carbocycles. The average Bonchev–Trinajstić information content (AvgIpc) is 2.70. The van der Waals surface area contributed by atoms with Crippen molar-refractivity contribution in [1.82, 2.24) is 0 Å². The molecule has 0 aliphatic carbocycles. The number of rotatable bonds is 7. The van der Waals surface area contributed by atoms with Gasteiger partial charge in [-0.05, 0) is 29.8 Å². The van der Waals surface area contributed by atoms with E-state index in [2.05, 4.69) is 10.1 Å². The molecule has 0 heterocycles. The van der Waals surface area contributed by atoms with Crippen LogP contribution in [0.25, 0.3) is 0 Å². The Hall–Kier alpha value is -2.60. The molecular formula is C20H19F6NO4S. The van der Waals surface area contributed by atoms with Crippen molar-refractivity contribution in [2.45, 2.75) is 36.2 Å². The van der Waals surface area contributed by atoms with E-state index in [-0.39, 0.29) is 22.8 Å². The minimum absolute atomic E-state index is 0.0526. The Kier molecular flexibility index (Phi) is 6.05. The lowest BCUT2D eigenvalue weighted by Gasteiger charge is -2.36. The van der Waals surface area contributed by atoms with Gasteiger partial charge in [0.1, 0.15) is 0 Å². The summed E-state index contributed by atoms with van der Waals surface area (Å²) in [5.41, 5.74) is -6.45. The van der Waals surface area contributed by atoms with Crippen LogP contribution in [0.5, 0.6) is 0 Å². The van der Waals surface area contributed by atoms with E-state index in [9.17, 15) is 39.6 Å². The van der Waals surface area contributed by atoms with E-state index in [0.29, 0.717) is 17.7 Å². The Labute approximate surface area is 184 Å². The van der Waals surface area contributed by atoms with Crippen LogP contribution in [0.1, 0.15) is 22.2 Å². The molecule has 176 valence electrons. The normalized spacial score (nSPS) is 14.9. The summed E-state index contributed by atoms with van der Waals surface area (Å²) >= 11 is 0. The number of anilines is 1. The maximum atomic E-state index is 13.6. The van der Waals surface area contributed by atoms with E-state index in [4.69, 9.17) is 4.11 Å². The molecule has 0 fully saturated rings. The Balaban J connectivity index is 2.27. The lowest BCUT2D eigenvalue weighted by molar-refractivity contribution is -0.383. The van der Waals surface area contributed by atoms with E-state index in [1.54, 1.807) is 0 Å². The van der Waals surface area contributed by atoms with Gasteiger partial charge < -0.3 is 10.1 Å². The van der Waals surface area contributed by atoms with Gasteiger partial charge in [-0.25, -0.2) is 8.42 Å².